The van der Waals surface area contributed by atoms with Gasteiger partial charge in [-0.25, -0.2) is 0 Å². The molecule has 0 spiro atoms. The Bertz CT molecular complexity index is 397. The van der Waals surface area contributed by atoms with Crippen LogP contribution >= 0.6 is 0 Å². The Morgan fingerprint density at radius 2 is 2.19 bits per heavy atom. The summed E-state index contributed by atoms with van der Waals surface area (Å²) in [5, 5.41) is 4.57. The molecular formula is C13H21N3. The van der Waals surface area contributed by atoms with Gasteiger partial charge in [0.15, 0.2) is 0 Å². The molecule has 3 fully saturated rings. The van der Waals surface area contributed by atoms with Gasteiger partial charge in [-0.05, 0) is 36.5 Å². The quantitative estimate of drug-likeness (QED) is 0.788. The second-order valence-electron chi connectivity index (χ2n) is 6.16. The average molecular weight is 219 g/mol. The highest BCUT2D eigenvalue weighted by Crippen LogP contribution is 2.63. The lowest BCUT2D eigenvalue weighted by Gasteiger charge is -2.59. The third-order valence-electron chi connectivity index (χ3n) is 5.17. The molecular weight excluding hydrogens is 198 g/mol. The molecule has 3 heteroatoms. The number of fused-ring (bicyclic) bond motifs is 2. The molecule has 3 aliphatic carbocycles. The van der Waals surface area contributed by atoms with E-state index in [9.17, 15) is 0 Å². The van der Waals surface area contributed by atoms with Crippen LogP contribution in [0.1, 0.15) is 44.7 Å². The fourth-order valence-electron chi connectivity index (χ4n) is 3.85. The first-order valence-corrected chi connectivity index (χ1v) is 6.29. The van der Waals surface area contributed by atoms with Gasteiger partial charge < -0.3 is 5.73 Å². The number of nitrogens with zero attached hydrogens (tertiary/aromatic N) is 2. The van der Waals surface area contributed by atoms with Gasteiger partial charge in [-0.15, -0.1) is 0 Å². The van der Waals surface area contributed by atoms with E-state index in [2.05, 4.69) is 25.0 Å². The standard InChI is InChI=1S/C13H21N3/c1-13(2)8-4-5-9(10(13)6-8)11-7-12(14)16(3)15-11/h7-10H,4-6,14H2,1-3H3. The van der Waals surface area contributed by atoms with Crippen molar-refractivity contribution in [3.8, 4) is 0 Å². The summed E-state index contributed by atoms with van der Waals surface area (Å²) in [4.78, 5) is 0. The van der Waals surface area contributed by atoms with Gasteiger partial charge >= 0.3 is 0 Å². The lowest BCUT2D eigenvalue weighted by atomic mass is 9.45. The summed E-state index contributed by atoms with van der Waals surface area (Å²) >= 11 is 0. The van der Waals surface area contributed by atoms with Gasteiger partial charge in [0, 0.05) is 19.0 Å². The van der Waals surface area contributed by atoms with Crippen molar-refractivity contribution in [3.05, 3.63) is 11.8 Å². The number of rotatable bonds is 1. The lowest BCUT2D eigenvalue weighted by Crippen LogP contribution is -2.51. The average Bonchev–Trinajstić information content (AvgIpc) is 2.59. The predicted octanol–water partition coefficient (Wildman–Crippen LogP) is 2.54. The van der Waals surface area contributed by atoms with Crippen LogP contribution in [0.2, 0.25) is 0 Å². The maximum absolute atomic E-state index is 5.87. The normalized spacial score (nSPS) is 35.8. The van der Waals surface area contributed by atoms with Crippen molar-refractivity contribution in [2.24, 2.45) is 24.3 Å². The van der Waals surface area contributed by atoms with Gasteiger partial charge in [0.1, 0.15) is 5.82 Å². The Balaban J connectivity index is 1.90. The van der Waals surface area contributed by atoms with E-state index in [4.69, 9.17) is 5.73 Å². The molecule has 0 amide bonds. The number of nitrogen functional groups attached to an aromatic ring is 1. The van der Waals surface area contributed by atoms with Crippen molar-refractivity contribution >= 4 is 5.82 Å². The molecule has 1 aromatic rings. The minimum atomic E-state index is 0.523. The number of nitrogens with two attached hydrogens (primary N) is 1. The number of hydrogen-bond acceptors (Lipinski definition) is 2. The minimum absolute atomic E-state index is 0.523. The molecule has 88 valence electrons. The largest absolute Gasteiger partial charge is 0.384 e. The van der Waals surface area contributed by atoms with E-state index in [1.807, 2.05) is 7.05 Å². The zero-order valence-corrected chi connectivity index (χ0v) is 10.4. The molecule has 0 saturated heterocycles. The van der Waals surface area contributed by atoms with Crippen LogP contribution in [0.25, 0.3) is 0 Å². The van der Waals surface area contributed by atoms with Gasteiger partial charge in [0.2, 0.25) is 0 Å². The zero-order valence-electron chi connectivity index (χ0n) is 10.4. The highest BCUT2D eigenvalue weighted by Gasteiger charge is 2.54. The third-order valence-corrected chi connectivity index (χ3v) is 5.17. The molecule has 3 unspecified atom stereocenters. The minimum Gasteiger partial charge on any atom is -0.384 e. The molecule has 3 nitrogen and oxygen atoms in total. The summed E-state index contributed by atoms with van der Waals surface area (Å²) in [7, 11) is 1.93. The smallest absolute Gasteiger partial charge is 0.121 e. The Morgan fingerprint density at radius 1 is 1.44 bits per heavy atom. The molecule has 3 saturated carbocycles. The van der Waals surface area contributed by atoms with Crippen molar-refractivity contribution < 1.29 is 0 Å². The van der Waals surface area contributed by atoms with Crippen LogP contribution in [0, 0.1) is 17.3 Å². The van der Waals surface area contributed by atoms with Crippen LogP contribution in [0.3, 0.4) is 0 Å². The Hall–Kier alpha value is -0.990. The molecule has 3 atom stereocenters. The van der Waals surface area contributed by atoms with Crippen LogP contribution in [-0.4, -0.2) is 9.78 Å². The maximum Gasteiger partial charge on any atom is 0.121 e. The topological polar surface area (TPSA) is 43.8 Å². The van der Waals surface area contributed by atoms with Crippen LogP contribution < -0.4 is 5.73 Å². The SMILES string of the molecule is Cn1nc(C2CCC3CC2C3(C)C)cc1N. The van der Waals surface area contributed by atoms with Crippen LogP contribution in [0.5, 0.6) is 0 Å². The van der Waals surface area contributed by atoms with Gasteiger partial charge in [-0.2, -0.15) is 5.10 Å². The molecule has 2 bridgehead atoms. The molecule has 3 aliphatic rings. The Labute approximate surface area is 97.0 Å². The van der Waals surface area contributed by atoms with Crippen LogP contribution in [0.15, 0.2) is 6.07 Å². The van der Waals surface area contributed by atoms with E-state index in [0.29, 0.717) is 11.3 Å². The van der Waals surface area contributed by atoms with Gasteiger partial charge in [-0.3, -0.25) is 4.68 Å². The molecule has 0 aromatic carbocycles. The predicted molar refractivity (Wildman–Crippen MR) is 65.0 cm³/mol. The van der Waals surface area contributed by atoms with E-state index >= 15 is 0 Å². The third kappa shape index (κ3) is 1.17. The molecule has 2 N–H and O–H groups in total. The van der Waals surface area contributed by atoms with Gasteiger partial charge in [0.25, 0.3) is 0 Å². The van der Waals surface area contributed by atoms with Crippen molar-refractivity contribution in [3.63, 3.8) is 0 Å². The van der Waals surface area contributed by atoms with E-state index in [1.54, 1.807) is 4.68 Å². The van der Waals surface area contributed by atoms with E-state index in [1.165, 1.54) is 25.0 Å². The number of anilines is 1. The summed E-state index contributed by atoms with van der Waals surface area (Å²) in [5.74, 6) is 3.20. The number of hydrogen-bond donors (Lipinski definition) is 1. The van der Waals surface area contributed by atoms with Crippen LogP contribution in [0.4, 0.5) is 5.82 Å². The summed E-state index contributed by atoms with van der Waals surface area (Å²) < 4.78 is 1.80. The second kappa shape index (κ2) is 3.02. The van der Waals surface area contributed by atoms with Crippen molar-refractivity contribution in [1.29, 1.82) is 0 Å². The first-order chi connectivity index (χ1) is 7.50. The summed E-state index contributed by atoms with van der Waals surface area (Å²) in [6.45, 7) is 4.84. The summed E-state index contributed by atoms with van der Waals surface area (Å²) in [6.07, 6.45) is 4.06. The fourth-order valence-corrected chi connectivity index (χ4v) is 3.85. The molecule has 1 heterocycles. The molecule has 1 aromatic heterocycles. The maximum atomic E-state index is 5.87. The van der Waals surface area contributed by atoms with E-state index in [-0.39, 0.29) is 0 Å². The first-order valence-electron chi connectivity index (χ1n) is 6.29. The van der Waals surface area contributed by atoms with Crippen molar-refractivity contribution in [2.75, 3.05) is 5.73 Å². The second-order valence-corrected chi connectivity index (χ2v) is 6.16. The zero-order chi connectivity index (χ0) is 11.5. The highest BCUT2D eigenvalue weighted by molar-refractivity contribution is 5.33. The number of aryl methyl sites for hydroxylation is 1. The van der Waals surface area contributed by atoms with Gasteiger partial charge in [0.05, 0.1) is 5.69 Å². The van der Waals surface area contributed by atoms with E-state index < -0.39 is 0 Å². The highest BCUT2D eigenvalue weighted by atomic mass is 15.3. The van der Waals surface area contributed by atoms with Crippen molar-refractivity contribution in [2.45, 2.75) is 39.0 Å². The number of aromatic nitrogens is 2. The lowest BCUT2D eigenvalue weighted by molar-refractivity contribution is -0.0814. The molecule has 16 heavy (non-hydrogen) atoms. The summed E-state index contributed by atoms with van der Waals surface area (Å²) in [5.41, 5.74) is 7.62. The van der Waals surface area contributed by atoms with Gasteiger partial charge in [-0.1, -0.05) is 13.8 Å². The first kappa shape index (κ1) is 10.2. The Kier molecular flexibility index (Phi) is 1.92. The molecule has 0 radical (unpaired) electrons. The molecule has 0 aliphatic heterocycles. The monoisotopic (exact) mass is 219 g/mol. The van der Waals surface area contributed by atoms with Crippen molar-refractivity contribution in [1.82, 2.24) is 9.78 Å². The molecule has 4 rings (SSSR count). The fraction of sp³-hybridized carbons (Fsp3) is 0.769. The Morgan fingerprint density at radius 3 is 2.69 bits per heavy atom. The van der Waals surface area contributed by atoms with Crippen LogP contribution in [-0.2, 0) is 7.05 Å². The van der Waals surface area contributed by atoms with E-state index in [0.717, 1.165) is 17.7 Å². The summed E-state index contributed by atoms with van der Waals surface area (Å²) in [6, 6.07) is 2.07.